The number of esters is 1. The molecule has 2 heterocycles. The van der Waals surface area contributed by atoms with E-state index in [0.717, 1.165) is 0 Å². The maximum absolute atomic E-state index is 12.0. The molecule has 3 aromatic rings. The van der Waals surface area contributed by atoms with Crippen molar-refractivity contribution in [3.63, 3.8) is 0 Å². The molecule has 3 rings (SSSR count). The summed E-state index contributed by atoms with van der Waals surface area (Å²) < 4.78 is 5.20. The minimum atomic E-state index is -0.519. The minimum absolute atomic E-state index is 0.0784. The summed E-state index contributed by atoms with van der Waals surface area (Å²) in [7, 11) is 0. The Bertz CT molecular complexity index is 824. The second-order valence-electron chi connectivity index (χ2n) is 4.17. The molecule has 2 aromatic heterocycles. The molecule has 0 aliphatic carbocycles. The SMILES string of the molecule is Nc1ncc2cc(OC(=O)c3ccccc3)nc(Cl)c2n1. The van der Waals surface area contributed by atoms with Crippen LogP contribution in [-0.4, -0.2) is 20.9 Å². The molecule has 0 bridgehead atoms. The molecule has 0 aliphatic heterocycles. The maximum Gasteiger partial charge on any atom is 0.344 e. The van der Waals surface area contributed by atoms with Crippen molar-refractivity contribution in [2.24, 2.45) is 0 Å². The van der Waals surface area contributed by atoms with Crippen LogP contribution in [0.15, 0.2) is 42.6 Å². The number of carbonyl (C=O) groups is 1. The van der Waals surface area contributed by atoms with Crippen molar-refractivity contribution in [1.82, 2.24) is 15.0 Å². The number of aromatic nitrogens is 3. The third-order valence-electron chi connectivity index (χ3n) is 2.73. The van der Waals surface area contributed by atoms with Gasteiger partial charge in [0.15, 0.2) is 5.15 Å². The fourth-order valence-corrected chi connectivity index (χ4v) is 2.01. The highest BCUT2D eigenvalue weighted by atomic mass is 35.5. The average molecular weight is 301 g/mol. The van der Waals surface area contributed by atoms with Gasteiger partial charge in [0.25, 0.3) is 0 Å². The Morgan fingerprint density at radius 1 is 1.19 bits per heavy atom. The zero-order chi connectivity index (χ0) is 14.8. The number of fused-ring (bicyclic) bond motifs is 1. The summed E-state index contributed by atoms with van der Waals surface area (Å²) in [6.07, 6.45) is 1.49. The molecule has 0 amide bonds. The molecular weight excluding hydrogens is 292 g/mol. The number of pyridine rings is 1. The zero-order valence-electron chi connectivity index (χ0n) is 10.7. The van der Waals surface area contributed by atoms with Crippen LogP contribution in [0.3, 0.4) is 0 Å². The predicted octanol–water partition coefficient (Wildman–Crippen LogP) is 2.48. The summed E-state index contributed by atoms with van der Waals surface area (Å²) in [4.78, 5) is 23.8. The number of nitrogen functional groups attached to an aromatic ring is 1. The fourth-order valence-electron chi connectivity index (χ4n) is 1.77. The van der Waals surface area contributed by atoms with Gasteiger partial charge in [-0.25, -0.2) is 14.8 Å². The highest BCUT2D eigenvalue weighted by Crippen LogP contribution is 2.24. The summed E-state index contributed by atoms with van der Waals surface area (Å²) in [5.74, 6) is -0.343. The Labute approximate surface area is 124 Å². The molecule has 0 unspecified atom stereocenters. The smallest absolute Gasteiger partial charge is 0.344 e. The number of carbonyl (C=O) groups excluding carboxylic acids is 1. The van der Waals surface area contributed by atoms with Crippen LogP contribution in [-0.2, 0) is 0 Å². The largest absolute Gasteiger partial charge is 0.404 e. The Morgan fingerprint density at radius 3 is 2.71 bits per heavy atom. The molecule has 0 saturated heterocycles. The van der Waals surface area contributed by atoms with Crippen LogP contribution < -0.4 is 10.5 Å². The number of anilines is 1. The highest BCUT2D eigenvalue weighted by molar-refractivity contribution is 6.33. The van der Waals surface area contributed by atoms with E-state index in [1.54, 1.807) is 24.3 Å². The molecular formula is C14H9ClN4O2. The molecule has 6 nitrogen and oxygen atoms in total. The van der Waals surface area contributed by atoms with Crippen LogP contribution in [0.25, 0.3) is 10.9 Å². The number of nitrogens with two attached hydrogens (primary N) is 1. The van der Waals surface area contributed by atoms with Crippen molar-refractivity contribution in [3.8, 4) is 5.88 Å². The minimum Gasteiger partial charge on any atom is -0.404 e. The first-order chi connectivity index (χ1) is 10.1. The number of halogens is 1. The van der Waals surface area contributed by atoms with Gasteiger partial charge in [0.1, 0.15) is 5.52 Å². The number of rotatable bonds is 2. The lowest BCUT2D eigenvalue weighted by Gasteiger charge is -2.06. The summed E-state index contributed by atoms with van der Waals surface area (Å²) in [6, 6.07) is 10.1. The van der Waals surface area contributed by atoms with E-state index in [1.807, 2.05) is 6.07 Å². The van der Waals surface area contributed by atoms with Gasteiger partial charge < -0.3 is 10.5 Å². The van der Waals surface area contributed by atoms with E-state index in [9.17, 15) is 4.79 Å². The maximum atomic E-state index is 12.0. The van der Waals surface area contributed by atoms with Gasteiger partial charge in [0.2, 0.25) is 11.8 Å². The average Bonchev–Trinajstić information content (AvgIpc) is 2.49. The second-order valence-corrected chi connectivity index (χ2v) is 4.53. The van der Waals surface area contributed by atoms with Gasteiger partial charge >= 0.3 is 5.97 Å². The van der Waals surface area contributed by atoms with Crippen molar-refractivity contribution < 1.29 is 9.53 Å². The first kappa shape index (κ1) is 13.3. The van der Waals surface area contributed by atoms with Crippen molar-refractivity contribution in [3.05, 3.63) is 53.3 Å². The number of hydrogen-bond acceptors (Lipinski definition) is 6. The third kappa shape index (κ3) is 2.75. The number of hydrogen-bond donors (Lipinski definition) is 1. The number of benzene rings is 1. The standard InChI is InChI=1S/C14H9ClN4O2/c15-12-11-9(7-17-14(16)19-11)6-10(18-12)21-13(20)8-4-2-1-3-5-8/h1-7H,(H2,16,17,19). The lowest BCUT2D eigenvalue weighted by Crippen LogP contribution is -2.09. The van der Waals surface area contributed by atoms with Crippen LogP contribution >= 0.6 is 11.6 Å². The van der Waals surface area contributed by atoms with E-state index in [1.165, 1.54) is 12.3 Å². The van der Waals surface area contributed by atoms with Crippen LogP contribution in [0, 0.1) is 0 Å². The van der Waals surface area contributed by atoms with E-state index in [4.69, 9.17) is 22.1 Å². The molecule has 0 atom stereocenters. The van der Waals surface area contributed by atoms with Gasteiger partial charge in [0.05, 0.1) is 5.56 Å². The Balaban J connectivity index is 1.95. The molecule has 104 valence electrons. The van der Waals surface area contributed by atoms with Crippen LogP contribution in [0.5, 0.6) is 5.88 Å². The molecule has 0 spiro atoms. The van der Waals surface area contributed by atoms with Crippen molar-refractivity contribution in [2.45, 2.75) is 0 Å². The summed E-state index contributed by atoms with van der Waals surface area (Å²) in [5, 5.41) is 0.678. The second kappa shape index (κ2) is 5.34. The lowest BCUT2D eigenvalue weighted by molar-refractivity contribution is 0.0728. The van der Waals surface area contributed by atoms with E-state index < -0.39 is 5.97 Å². The highest BCUT2D eigenvalue weighted by Gasteiger charge is 2.12. The molecule has 0 aliphatic rings. The fraction of sp³-hybridized carbons (Fsp3) is 0. The zero-order valence-corrected chi connectivity index (χ0v) is 11.4. The number of nitrogens with zero attached hydrogens (tertiary/aromatic N) is 3. The Hall–Kier alpha value is -2.73. The first-order valence-corrected chi connectivity index (χ1v) is 6.37. The molecule has 0 saturated carbocycles. The Kier molecular flexibility index (Phi) is 3.37. The predicted molar refractivity (Wildman–Crippen MR) is 78.2 cm³/mol. The normalized spacial score (nSPS) is 10.5. The van der Waals surface area contributed by atoms with E-state index in [0.29, 0.717) is 16.5 Å². The molecule has 21 heavy (non-hydrogen) atoms. The molecule has 1 aromatic carbocycles. The molecule has 2 N–H and O–H groups in total. The van der Waals surface area contributed by atoms with E-state index in [2.05, 4.69) is 15.0 Å². The van der Waals surface area contributed by atoms with Gasteiger partial charge in [-0.2, -0.15) is 4.98 Å². The number of ether oxygens (including phenoxy) is 1. The van der Waals surface area contributed by atoms with E-state index >= 15 is 0 Å². The summed E-state index contributed by atoms with van der Waals surface area (Å²) in [5.41, 5.74) is 6.32. The van der Waals surface area contributed by atoms with E-state index in [-0.39, 0.29) is 17.0 Å². The lowest BCUT2D eigenvalue weighted by atomic mass is 10.2. The Morgan fingerprint density at radius 2 is 1.95 bits per heavy atom. The van der Waals surface area contributed by atoms with Gasteiger partial charge in [0, 0.05) is 17.6 Å². The monoisotopic (exact) mass is 300 g/mol. The van der Waals surface area contributed by atoms with Crippen molar-refractivity contribution in [1.29, 1.82) is 0 Å². The van der Waals surface area contributed by atoms with Crippen LogP contribution in [0.2, 0.25) is 5.15 Å². The quantitative estimate of drug-likeness (QED) is 0.577. The summed E-state index contributed by atoms with van der Waals surface area (Å²) >= 11 is 6.02. The van der Waals surface area contributed by atoms with Crippen LogP contribution in [0.4, 0.5) is 5.95 Å². The van der Waals surface area contributed by atoms with Gasteiger partial charge in [-0.1, -0.05) is 29.8 Å². The first-order valence-electron chi connectivity index (χ1n) is 5.99. The van der Waals surface area contributed by atoms with Gasteiger partial charge in [-0.3, -0.25) is 0 Å². The van der Waals surface area contributed by atoms with Crippen molar-refractivity contribution in [2.75, 3.05) is 5.73 Å². The van der Waals surface area contributed by atoms with Crippen molar-refractivity contribution >= 4 is 34.4 Å². The topological polar surface area (TPSA) is 91.0 Å². The molecule has 7 heteroatoms. The van der Waals surface area contributed by atoms with Gasteiger partial charge in [-0.05, 0) is 12.1 Å². The summed E-state index contributed by atoms with van der Waals surface area (Å²) in [6.45, 7) is 0. The van der Waals surface area contributed by atoms with Gasteiger partial charge in [-0.15, -0.1) is 0 Å². The molecule has 0 fully saturated rings. The molecule has 0 radical (unpaired) electrons. The van der Waals surface area contributed by atoms with Crippen LogP contribution in [0.1, 0.15) is 10.4 Å². The third-order valence-corrected chi connectivity index (χ3v) is 2.99.